The van der Waals surface area contributed by atoms with Gasteiger partial charge in [-0.1, -0.05) is 6.92 Å². The standard InChI is InChI=1S/C15H19N7O2/c1-4-11(7-8-16)17-15(23)18-12-5-6-14(24-3)13(9-12)22-10(2)19-20-21-22/h5-6,9,11H,4,7H2,1-3H3,(H2,17,18,23)/t11-/m0/s1. The summed E-state index contributed by atoms with van der Waals surface area (Å²) in [7, 11) is 1.55. The Labute approximate surface area is 139 Å². The molecule has 0 bridgehead atoms. The molecule has 0 radical (unpaired) electrons. The van der Waals surface area contributed by atoms with E-state index in [1.165, 1.54) is 4.68 Å². The van der Waals surface area contributed by atoms with Crippen molar-refractivity contribution in [2.75, 3.05) is 12.4 Å². The van der Waals surface area contributed by atoms with E-state index >= 15 is 0 Å². The highest BCUT2D eigenvalue weighted by Crippen LogP contribution is 2.26. The second-order valence-corrected chi connectivity index (χ2v) is 5.09. The van der Waals surface area contributed by atoms with Gasteiger partial charge in [0.05, 0.1) is 19.6 Å². The van der Waals surface area contributed by atoms with Crippen molar-refractivity contribution in [3.63, 3.8) is 0 Å². The molecule has 2 aromatic rings. The molecule has 0 unspecified atom stereocenters. The highest BCUT2D eigenvalue weighted by atomic mass is 16.5. The molecule has 0 saturated carbocycles. The summed E-state index contributed by atoms with van der Waals surface area (Å²) in [5.74, 6) is 1.17. The van der Waals surface area contributed by atoms with Crippen LogP contribution in [0, 0.1) is 18.3 Å². The van der Waals surface area contributed by atoms with Gasteiger partial charge in [0.25, 0.3) is 0 Å². The largest absolute Gasteiger partial charge is 0.494 e. The maximum atomic E-state index is 12.1. The Morgan fingerprint density at radius 1 is 1.50 bits per heavy atom. The first-order valence-electron chi connectivity index (χ1n) is 7.46. The van der Waals surface area contributed by atoms with Crippen LogP contribution in [0.2, 0.25) is 0 Å². The fraction of sp³-hybridized carbons (Fsp3) is 0.400. The maximum Gasteiger partial charge on any atom is 0.319 e. The average Bonchev–Trinajstić information content (AvgIpc) is 3.00. The zero-order chi connectivity index (χ0) is 17.5. The highest BCUT2D eigenvalue weighted by molar-refractivity contribution is 5.90. The van der Waals surface area contributed by atoms with Gasteiger partial charge in [-0.3, -0.25) is 0 Å². The quantitative estimate of drug-likeness (QED) is 0.834. The van der Waals surface area contributed by atoms with Crippen LogP contribution < -0.4 is 15.4 Å². The third-order valence-electron chi connectivity index (χ3n) is 3.46. The number of carbonyl (C=O) groups is 1. The number of aryl methyl sites for hydroxylation is 1. The molecule has 1 aromatic carbocycles. The Morgan fingerprint density at radius 3 is 2.88 bits per heavy atom. The molecule has 9 nitrogen and oxygen atoms in total. The lowest BCUT2D eigenvalue weighted by Gasteiger charge is -2.15. The van der Waals surface area contributed by atoms with Crippen molar-refractivity contribution in [2.45, 2.75) is 32.7 Å². The summed E-state index contributed by atoms with van der Waals surface area (Å²) < 4.78 is 6.84. The molecule has 9 heteroatoms. The highest BCUT2D eigenvalue weighted by Gasteiger charge is 2.14. The first-order chi connectivity index (χ1) is 11.6. The van der Waals surface area contributed by atoms with Crippen LogP contribution in [0.15, 0.2) is 18.2 Å². The minimum absolute atomic E-state index is 0.186. The zero-order valence-corrected chi connectivity index (χ0v) is 13.8. The van der Waals surface area contributed by atoms with E-state index in [-0.39, 0.29) is 18.5 Å². The van der Waals surface area contributed by atoms with Crippen LogP contribution >= 0.6 is 0 Å². The van der Waals surface area contributed by atoms with Gasteiger partial charge in [-0.2, -0.15) is 9.94 Å². The number of hydrogen-bond acceptors (Lipinski definition) is 6. The van der Waals surface area contributed by atoms with Gasteiger partial charge in [0.2, 0.25) is 0 Å². The summed E-state index contributed by atoms with van der Waals surface area (Å²) in [6.07, 6.45) is 0.945. The van der Waals surface area contributed by atoms with Crippen molar-refractivity contribution in [2.24, 2.45) is 0 Å². The van der Waals surface area contributed by atoms with Crippen molar-refractivity contribution in [3.05, 3.63) is 24.0 Å². The summed E-state index contributed by atoms with van der Waals surface area (Å²) >= 11 is 0. The fourth-order valence-corrected chi connectivity index (χ4v) is 2.15. The number of carbonyl (C=O) groups excluding carboxylic acids is 1. The number of amides is 2. The summed E-state index contributed by atoms with van der Waals surface area (Å²) in [6.45, 7) is 3.67. The minimum Gasteiger partial charge on any atom is -0.494 e. The van der Waals surface area contributed by atoms with Gasteiger partial charge in [0.15, 0.2) is 5.82 Å². The van der Waals surface area contributed by atoms with Crippen molar-refractivity contribution in [1.82, 2.24) is 25.5 Å². The first kappa shape index (κ1) is 17.2. The summed E-state index contributed by atoms with van der Waals surface area (Å²) in [5, 5.41) is 25.6. The van der Waals surface area contributed by atoms with E-state index in [1.807, 2.05) is 6.92 Å². The number of ether oxygens (including phenoxy) is 1. The molecule has 24 heavy (non-hydrogen) atoms. The Kier molecular flexibility index (Phi) is 5.68. The number of urea groups is 1. The summed E-state index contributed by atoms with van der Waals surface area (Å²) in [5.41, 5.74) is 1.17. The third kappa shape index (κ3) is 3.98. The Morgan fingerprint density at radius 2 is 2.29 bits per heavy atom. The predicted molar refractivity (Wildman–Crippen MR) is 86.9 cm³/mol. The predicted octanol–water partition coefficient (Wildman–Crippen LogP) is 1.79. The van der Waals surface area contributed by atoms with E-state index in [0.29, 0.717) is 29.4 Å². The molecule has 0 spiro atoms. The maximum absolute atomic E-state index is 12.1. The molecule has 0 fully saturated rings. The average molecular weight is 329 g/mol. The molecule has 126 valence electrons. The van der Waals surface area contributed by atoms with E-state index in [1.54, 1.807) is 32.2 Å². The van der Waals surface area contributed by atoms with Gasteiger partial charge in [0.1, 0.15) is 11.4 Å². The number of tetrazole rings is 1. The molecule has 2 amide bonds. The van der Waals surface area contributed by atoms with Crippen molar-refractivity contribution < 1.29 is 9.53 Å². The monoisotopic (exact) mass is 329 g/mol. The molecular weight excluding hydrogens is 310 g/mol. The van der Waals surface area contributed by atoms with Crippen LogP contribution in [-0.4, -0.2) is 39.4 Å². The van der Waals surface area contributed by atoms with Crippen molar-refractivity contribution in [1.29, 1.82) is 5.26 Å². The second-order valence-electron chi connectivity index (χ2n) is 5.09. The van der Waals surface area contributed by atoms with E-state index in [2.05, 4.69) is 32.2 Å². The van der Waals surface area contributed by atoms with E-state index < -0.39 is 0 Å². The Bertz CT molecular complexity index is 751. The van der Waals surface area contributed by atoms with Gasteiger partial charge < -0.3 is 15.4 Å². The van der Waals surface area contributed by atoms with Crippen LogP contribution in [-0.2, 0) is 0 Å². The van der Waals surface area contributed by atoms with Gasteiger partial charge >= 0.3 is 6.03 Å². The Hall–Kier alpha value is -3.15. The number of methoxy groups -OCH3 is 1. The molecule has 2 rings (SSSR count). The third-order valence-corrected chi connectivity index (χ3v) is 3.46. The zero-order valence-electron chi connectivity index (χ0n) is 13.8. The number of rotatable bonds is 6. The number of benzene rings is 1. The molecule has 0 aliphatic carbocycles. The van der Waals surface area contributed by atoms with E-state index in [0.717, 1.165) is 0 Å². The number of hydrogen-bond donors (Lipinski definition) is 2. The van der Waals surface area contributed by atoms with E-state index in [9.17, 15) is 4.79 Å². The molecular formula is C15H19N7O2. The van der Waals surface area contributed by atoms with Crippen molar-refractivity contribution in [3.8, 4) is 17.5 Å². The number of nitrogens with zero attached hydrogens (tertiary/aromatic N) is 5. The van der Waals surface area contributed by atoms with Crippen LogP contribution in [0.3, 0.4) is 0 Å². The lowest BCUT2D eigenvalue weighted by atomic mass is 10.2. The van der Waals surface area contributed by atoms with Gasteiger partial charge in [-0.25, -0.2) is 4.79 Å². The van der Waals surface area contributed by atoms with Crippen molar-refractivity contribution >= 4 is 11.7 Å². The summed E-state index contributed by atoms with van der Waals surface area (Å²) in [6, 6.07) is 6.64. The minimum atomic E-state index is -0.373. The van der Waals surface area contributed by atoms with Crippen LogP contribution in [0.4, 0.5) is 10.5 Å². The molecule has 1 heterocycles. The molecule has 0 saturated heterocycles. The SMILES string of the molecule is CC[C@@H](CC#N)NC(=O)Nc1ccc(OC)c(-n2nnnc2C)c1. The van der Waals surface area contributed by atoms with Gasteiger partial charge in [-0.15, -0.1) is 5.10 Å². The van der Waals surface area contributed by atoms with Gasteiger partial charge in [0, 0.05) is 11.7 Å². The topological polar surface area (TPSA) is 118 Å². The normalized spacial score (nSPS) is 11.4. The smallest absolute Gasteiger partial charge is 0.319 e. The number of aromatic nitrogens is 4. The fourth-order valence-electron chi connectivity index (χ4n) is 2.15. The molecule has 1 aromatic heterocycles. The first-order valence-corrected chi connectivity index (χ1v) is 7.46. The molecule has 0 aliphatic rings. The van der Waals surface area contributed by atoms with Crippen LogP contribution in [0.25, 0.3) is 5.69 Å². The lowest BCUT2D eigenvalue weighted by molar-refractivity contribution is 0.248. The van der Waals surface area contributed by atoms with E-state index in [4.69, 9.17) is 10.00 Å². The molecule has 1 atom stereocenters. The molecule has 2 N–H and O–H groups in total. The Balaban J connectivity index is 2.19. The number of nitriles is 1. The molecule has 0 aliphatic heterocycles. The number of nitrogens with one attached hydrogen (secondary N) is 2. The number of anilines is 1. The van der Waals surface area contributed by atoms with Gasteiger partial charge in [-0.05, 0) is 42.0 Å². The second kappa shape index (κ2) is 7.92. The van der Waals surface area contributed by atoms with Crippen LogP contribution in [0.5, 0.6) is 5.75 Å². The summed E-state index contributed by atoms with van der Waals surface area (Å²) in [4.78, 5) is 12.1. The lowest BCUT2D eigenvalue weighted by Crippen LogP contribution is -2.37. The van der Waals surface area contributed by atoms with Crippen LogP contribution in [0.1, 0.15) is 25.6 Å².